The second kappa shape index (κ2) is 6.30. The number of carbonyl (C=O) groups is 2. The molecule has 146 valence electrons. The van der Waals surface area contributed by atoms with Gasteiger partial charge in [0.15, 0.2) is 11.5 Å². The Balaban J connectivity index is 1.43. The Morgan fingerprint density at radius 1 is 1.14 bits per heavy atom. The zero-order valence-electron chi connectivity index (χ0n) is 15.4. The molecule has 0 unspecified atom stereocenters. The molecule has 2 aliphatic rings. The minimum absolute atomic E-state index is 0.129. The van der Waals surface area contributed by atoms with Crippen molar-refractivity contribution in [1.29, 1.82) is 0 Å². The maximum absolute atomic E-state index is 13.2. The summed E-state index contributed by atoms with van der Waals surface area (Å²) in [6, 6.07) is 12.1. The van der Waals surface area contributed by atoms with Crippen molar-refractivity contribution in [2.75, 3.05) is 6.79 Å². The average molecular weight is 392 g/mol. The van der Waals surface area contributed by atoms with E-state index >= 15 is 0 Å². The van der Waals surface area contributed by atoms with Crippen LogP contribution in [0.25, 0.3) is 5.69 Å². The number of tetrazole rings is 1. The molecular weight excluding hydrogens is 376 g/mol. The van der Waals surface area contributed by atoms with Crippen LogP contribution in [0.2, 0.25) is 0 Å². The zero-order valence-corrected chi connectivity index (χ0v) is 15.4. The molecule has 1 aromatic heterocycles. The van der Waals surface area contributed by atoms with Gasteiger partial charge in [0, 0.05) is 0 Å². The lowest BCUT2D eigenvalue weighted by Crippen LogP contribution is -2.40. The number of imide groups is 1. The van der Waals surface area contributed by atoms with E-state index in [1.807, 2.05) is 12.1 Å². The van der Waals surface area contributed by atoms with Gasteiger partial charge in [-0.1, -0.05) is 18.2 Å². The summed E-state index contributed by atoms with van der Waals surface area (Å²) < 4.78 is 12.2. The Morgan fingerprint density at radius 3 is 2.83 bits per heavy atom. The maximum Gasteiger partial charge on any atom is 0.325 e. The summed E-state index contributed by atoms with van der Waals surface area (Å²) in [4.78, 5) is 27.0. The molecule has 10 heteroatoms. The molecule has 2 aromatic carbocycles. The van der Waals surface area contributed by atoms with Crippen LogP contribution in [0.5, 0.6) is 11.5 Å². The van der Waals surface area contributed by atoms with Gasteiger partial charge in [0.2, 0.25) is 6.79 Å². The lowest BCUT2D eigenvalue weighted by Gasteiger charge is -2.23. The molecule has 0 spiro atoms. The third-order valence-electron chi connectivity index (χ3n) is 5.09. The number of carbonyl (C=O) groups excluding carboxylic acids is 2. The topological polar surface area (TPSA) is 111 Å². The summed E-state index contributed by atoms with van der Waals surface area (Å²) in [5.74, 6) is 0.913. The first kappa shape index (κ1) is 17.2. The number of amides is 3. The lowest BCUT2D eigenvalue weighted by atomic mass is 9.91. The number of hydrogen-bond acceptors (Lipinski definition) is 7. The van der Waals surface area contributed by atoms with Crippen LogP contribution < -0.4 is 14.8 Å². The maximum atomic E-state index is 13.2. The van der Waals surface area contributed by atoms with Crippen molar-refractivity contribution in [2.24, 2.45) is 0 Å². The SMILES string of the molecule is C[C@@]1(c2cccc(-n3cnnn3)c2)NC(=O)N(Cc2ccc3c(c2)OCO3)C1=O. The molecule has 1 atom stereocenters. The smallest absolute Gasteiger partial charge is 0.325 e. The van der Waals surface area contributed by atoms with E-state index in [9.17, 15) is 9.59 Å². The Bertz CT molecular complexity index is 1120. The van der Waals surface area contributed by atoms with Crippen LogP contribution in [0.4, 0.5) is 4.79 Å². The third kappa shape index (κ3) is 2.76. The standard InChI is InChI=1S/C19H16N6O4/c1-19(13-3-2-4-14(8-13)25-10-20-22-23-25)17(26)24(18(27)21-19)9-12-5-6-15-16(7-12)29-11-28-15/h2-8,10H,9,11H2,1H3,(H,21,27)/t19-/m0/s1. The highest BCUT2D eigenvalue weighted by Crippen LogP contribution is 2.34. The minimum atomic E-state index is -1.20. The second-order valence-corrected chi connectivity index (χ2v) is 6.94. The number of nitrogens with zero attached hydrogens (tertiary/aromatic N) is 5. The Kier molecular flexibility index (Phi) is 3.73. The summed E-state index contributed by atoms with van der Waals surface area (Å²) >= 11 is 0. The number of hydrogen-bond donors (Lipinski definition) is 1. The van der Waals surface area contributed by atoms with Crippen molar-refractivity contribution in [1.82, 2.24) is 30.4 Å². The minimum Gasteiger partial charge on any atom is -0.454 e. The van der Waals surface area contributed by atoms with Gasteiger partial charge in [-0.05, 0) is 52.7 Å². The number of aromatic nitrogens is 4. The molecule has 3 amide bonds. The highest BCUT2D eigenvalue weighted by molar-refractivity contribution is 6.07. The molecule has 1 N–H and O–H groups in total. The molecule has 1 fully saturated rings. The number of nitrogens with one attached hydrogen (secondary N) is 1. The summed E-state index contributed by atoms with van der Waals surface area (Å²) in [6.45, 7) is 1.98. The Morgan fingerprint density at radius 2 is 2.00 bits per heavy atom. The summed E-state index contributed by atoms with van der Waals surface area (Å²) in [5, 5.41) is 13.9. The predicted molar refractivity (Wildman–Crippen MR) is 98.2 cm³/mol. The van der Waals surface area contributed by atoms with Gasteiger partial charge >= 0.3 is 6.03 Å². The van der Waals surface area contributed by atoms with Gasteiger partial charge in [0.25, 0.3) is 5.91 Å². The molecule has 2 aliphatic heterocycles. The van der Waals surface area contributed by atoms with Crippen LogP contribution in [0, 0.1) is 0 Å². The first-order valence-electron chi connectivity index (χ1n) is 8.91. The van der Waals surface area contributed by atoms with Gasteiger partial charge in [-0.2, -0.15) is 0 Å². The fourth-order valence-electron chi connectivity index (χ4n) is 3.50. The summed E-state index contributed by atoms with van der Waals surface area (Å²) in [5.41, 5.74) is 0.892. The molecule has 29 heavy (non-hydrogen) atoms. The number of ether oxygens (including phenoxy) is 2. The molecule has 0 radical (unpaired) electrons. The Labute approximate surface area is 165 Å². The number of benzene rings is 2. The van der Waals surface area contributed by atoms with E-state index in [-0.39, 0.29) is 19.2 Å². The van der Waals surface area contributed by atoms with Crippen molar-refractivity contribution >= 4 is 11.9 Å². The molecule has 3 heterocycles. The van der Waals surface area contributed by atoms with Crippen molar-refractivity contribution < 1.29 is 19.1 Å². The van der Waals surface area contributed by atoms with Crippen LogP contribution in [0.15, 0.2) is 48.8 Å². The first-order valence-corrected chi connectivity index (χ1v) is 8.91. The third-order valence-corrected chi connectivity index (χ3v) is 5.09. The van der Waals surface area contributed by atoms with Gasteiger partial charge < -0.3 is 14.8 Å². The van der Waals surface area contributed by atoms with E-state index in [4.69, 9.17) is 9.47 Å². The molecule has 0 saturated carbocycles. The van der Waals surface area contributed by atoms with Crippen LogP contribution in [0.3, 0.4) is 0 Å². The van der Waals surface area contributed by atoms with E-state index in [1.165, 1.54) is 15.9 Å². The normalized spacial score (nSPS) is 20.2. The summed E-state index contributed by atoms with van der Waals surface area (Å²) in [7, 11) is 0. The van der Waals surface area contributed by atoms with E-state index in [1.54, 1.807) is 37.3 Å². The van der Waals surface area contributed by atoms with Crippen LogP contribution >= 0.6 is 0 Å². The van der Waals surface area contributed by atoms with Crippen LogP contribution in [-0.2, 0) is 16.9 Å². The fraction of sp³-hybridized carbons (Fsp3) is 0.211. The van der Waals surface area contributed by atoms with Gasteiger partial charge in [-0.3, -0.25) is 9.69 Å². The highest BCUT2D eigenvalue weighted by atomic mass is 16.7. The van der Waals surface area contributed by atoms with E-state index < -0.39 is 11.6 Å². The number of rotatable bonds is 4. The van der Waals surface area contributed by atoms with Crippen molar-refractivity contribution in [3.8, 4) is 17.2 Å². The quantitative estimate of drug-likeness (QED) is 0.667. The van der Waals surface area contributed by atoms with Crippen molar-refractivity contribution in [3.05, 3.63) is 59.9 Å². The van der Waals surface area contributed by atoms with Crippen LogP contribution in [-0.4, -0.2) is 43.8 Å². The largest absolute Gasteiger partial charge is 0.454 e. The fourth-order valence-corrected chi connectivity index (χ4v) is 3.50. The first-order chi connectivity index (χ1) is 14.0. The molecule has 10 nitrogen and oxygen atoms in total. The lowest BCUT2D eigenvalue weighted by molar-refractivity contribution is -0.131. The number of fused-ring (bicyclic) bond motifs is 1. The number of urea groups is 1. The molecule has 1 saturated heterocycles. The molecule has 0 aliphatic carbocycles. The van der Waals surface area contributed by atoms with E-state index in [2.05, 4.69) is 20.8 Å². The van der Waals surface area contributed by atoms with Crippen molar-refractivity contribution in [3.63, 3.8) is 0 Å². The average Bonchev–Trinajstić information content (AvgIpc) is 3.46. The predicted octanol–water partition coefficient (Wildman–Crippen LogP) is 1.36. The highest BCUT2D eigenvalue weighted by Gasteiger charge is 2.49. The molecule has 5 rings (SSSR count). The van der Waals surface area contributed by atoms with Crippen LogP contribution in [0.1, 0.15) is 18.1 Å². The monoisotopic (exact) mass is 392 g/mol. The molecule has 0 bridgehead atoms. The molecule has 3 aromatic rings. The van der Waals surface area contributed by atoms with Gasteiger partial charge in [-0.25, -0.2) is 9.48 Å². The van der Waals surface area contributed by atoms with Gasteiger partial charge in [0.1, 0.15) is 11.9 Å². The van der Waals surface area contributed by atoms with E-state index in [0.29, 0.717) is 22.7 Å². The van der Waals surface area contributed by atoms with Crippen molar-refractivity contribution in [2.45, 2.75) is 19.0 Å². The van der Waals surface area contributed by atoms with E-state index in [0.717, 1.165) is 5.56 Å². The summed E-state index contributed by atoms with van der Waals surface area (Å²) in [6.07, 6.45) is 1.46. The molecular formula is C19H16N6O4. The Hall–Kier alpha value is -3.95. The second-order valence-electron chi connectivity index (χ2n) is 6.94. The zero-order chi connectivity index (χ0) is 20.0. The van der Waals surface area contributed by atoms with Gasteiger partial charge in [0.05, 0.1) is 12.2 Å². The van der Waals surface area contributed by atoms with Gasteiger partial charge in [-0.15, -0.1) is 5.10 Å².